The smallest absolute Gasteiger partial charge is 0.403 e. The van der Waals surface area contributed by atoms with Crippen molar-refractivity contribution in [3.63, 3.8) is 0 Å². The summed E-state index contributed by atoms with van der Waals surface area (Å²) in [7, 11) is -0.107. The van der Waals surface area contributed by atoms with Gasteiger partial charge in [0, 0.05) is 0 Å². The Morgan fingerprint density at radius 3 is 2.09 bits per heavy atom. The predicted molar refractivity (Wildman–Crippen MR) is 92.0 cm³/mol. The van der Waals surface area contributed by atoms with Crippen LogP contribution in [0.4, 0.5) is 0 Å². The maximum Gasteiger partial charge on any atom is 0.458 e. The first kappa shape index (κ1) is 18.3. The normalized spacial score (nSPS) is 32.6. The summed E-state index contributed by atoms with van der Waals surface area (Å²) < 4.78 is 18.6. The summed E-state index contributed by atoms with van der Waals surface area (Å²) in [4.78, 5) is 0. The van der Waals surface area contributed by atoms with E-state index in [9.17, 15) is 0 Å². The molecule has 2 rings (SSSR count). The highest BCUT2D eigenvalue weighted by molar-refractivity contribution is 6.45. The molecule has 2 aliphatic heterocycles. The zero-order valence-corrected chi connectivity index (χ0v) is 15.7. The van der Waals surface area contributed by atoms with Crippen molar-refractivity contribution in [1.82, 2.24) is 0 Å². The van der Waals surface area contributed by atoms with Crippen LogP contribution in [-0.2, 0) is 14.0 Å². The summed E-state index contributed by atoms with van der Waals surface area (Å²) in [6, 6.07) is 0. The molecular weight excluding hydrogens is 275 g/mol. The van der Waals surface area contributed by atoms with Crippen LogP contribution < -0.4 is 0 Å². The van der Waals surface area contributed by atoms with Gasteiger partial charge in [-0.05, 0) is 51.8 Å². The molecule has 0 spiro atoms. The second kappa shape index (κ2) is 6.45. The first-order chi connectivity index (χ1) is 10.1. The van der Waals surface area contributed by atoms with Crippen LogP contribution in [0.15, 0.2) is 0 Å². The van der Waals surface area contributed by atoms with Crippen molar-refractivity contribution in [2.24, 2.45) is 11.3 Å². The van der Waals surface area contributed by atoms with Gasteiger partial charge in [-0.2, -0.15) is 0 Å². The van der Waals surface area contributed by atoms with Crippen molar-refractivity contribution in [2.75, 3.05) is 6.61 Å². The van der Waals surface area contributed by atoms with E-state index in [4.69, 9.17) is 14.0 Å². The van der Waals surface area contributed by atoms with Crippen molar-refractivity contribution >= 4 is 7.12 Å². The van der Waals surface area contributed by atoms with Gasteiger partial charge in [0.1, 0.15) is 0 Å². The maximum atomic E-state index is 6.22. The number of hydrogen-bond donors (Lipinski definition) is 0. The maximum absolute atomic E-state index is 6.22. The summed E-state index contributed by atoms with van der Waals surface area (Å²) in [5.41, 5.74) is -0.265. The monoisotopic (exact) mass is 310 g/mol. The van der Waals surface area contributed by atoms with Crippen molar-refractivity contribution in [3.05, 3.63) is 0 Å². The summed E-state index contributed by atoms with van der Waals surface area (Å²) >= 11 is 0. The molecule has 2 aliphatic rings. The van der Waals surface area contributed by atoms with Gasteiger partial charge in [0.25, 0.3) is 0 Å². The lowest BCUT2D eigenvalue weighted by Crippen LogP contribution is -2.41. The van der Waals surface area contributed by atoms with E-state index < -0.39 is 0 Å². The second-order valence-corrected chi connectivity index (χ2v) is 8.86. The Bertz CT molecular complexity index is 363. The highest BCUT2D eigenvalue weighted by Gasteiger charge is 2.54. The van der Waals surface area contributed by atoms with Gasteiger partial charge < -0.3 is 14.0 Å². The summed E-state index contributed by atoms with van der Waals surface area (Å²) in [5.74, 6) is 0.513. The average molecular weight is 310 g/mol. The van der Waals surface area contributed by atoms with Gasteiger partial charge >= 0.3 is 7.12 Å². The van der Waals surface area contributed by atoms with Crippen LogP contribution in [0, 0.1) is 11.3 Å². The number of rotatable bonds is 6. The molecule has 0 aromatic rings. The molecule has 0 aliphatic carbocycles. The van der Waals surface area contributed by atoms with Gasteiger partial charge in [-0.25, -0.2) is 0 Å². The molecule has 3 nitrogen and oxygen atoms in total. The van der Waals surface area contributed by atoms with Gasteiger partial charge in [0.15, 0.2) is 0 Å². The lowest BCUT2D eigenvalue weighted by Gasteiger charge is -2.32. The topological polar surface area (TPSA) is 27.7 Å². The summed E-state index contributed by atoms with van der Waals surface area (Å²) in [6.45, 7) is 16.3. The minimum Gasteiger partial charge on any atom is -0.403 e. The molecule has 0 aromatic carbocycles. The van der Waals surface area contributed by atoms with Crippen LogP contribution in [-0.4, -0.2) is 31.0 Å². The lowest BCUT2D eigenvalue weighted by molar-refractivity contribution is 0.00578. The minimum absolute atomic E-state index is 0.107. The molecule has 128 valence electrons. The molecule has 0 amide bonds. The average Bonchev–Trinajstić information content (AvgIpc) is 2.76. The Hall–Kier alpha value is -0.0551. The van der Waals surface area contributed by atoms with Crippen LogP contribution in [0.3, 0.4) is 0 Å². The largest absolute Gasteiger partial charge is 0.458 e. The fraction of sp³-hybridized carbons (Fsp3) is 1.00. The predicted octanol–water partition coefficient (Wildman–Crippen LogP) is 4.70. The first-order valence-electron chi connectivity index (χ1n) is 9.06. The Labute approximate surface area is 137 Å². The van der Waals surface area contributed by atoms with E-state index in [1.54, 1.807) is 0 Å². The SMILES string of the molecule is CCCCC[C@H]1OCC(C)(C)[C@@H]1CB1OC(C)(C)C(C)(C)O1. The zero-order valence-electron chi connectivity index (χ0n) is 15.7. The first-order valence-corrected chi connectivity index (χ1v) is 9.06. The van der Waals surface area contributed by atoms with Crippen molar-refractivity contribution in [1.29, 1.82) is 0 Å². The van der Waals surface area contributed by atoms with Crippen molar-refractivity contribution < 1.29 is 14.0 Å². The highest BCUT2D eigenvalue weighted by Crippen LogP contribution is 2.46. The molecule has 0 N–H and O–H groups in total. The van der Waals surface area contributed by atoms with Crippen molar-refractivity contribution in [3.8, 4) is 0 Å². The van der Waals surface area contributed by atoms with Crippen LogP contribution in [0.2, 0.25) is 6.32 Å². The quantitative estimate of drug-likeness (QED) is 0.526. The third-order valence-electron chi connectivity index (χ3n) is 5.96. The van der Waals surface area contributed by atoms with Crippen LogP contribution >= 0.6 is 0 Å². The Morgan fingerprint density at radius 2 is 1.55 bits per heavy atom. The summed E-state index contributed by atoms with van der Waals surface area (Å²) in [6.07, 6.45) is 6.29. The van der Waals surface area contributed by atoms with Crippen molar-refractivity contribution in [2.45, 2.75) is 97.8 Å². The van der Waals surface area contributed by atoms with Gasteiger partial charge in [0.05, 0.1) is 23.9 Å². The van der Waals surface area contributed by atoms with E-state index in [1.807, 2.05) is 0 Å². The van der Waals surface area contributed by atoms with E-state index in [0.717, 1.165) is 12.9 Å². The standard InChI is InChI=1S/C18H35BO3/c1-8-9-10-11-15-14(16(2,3)13-20-15)12-19-21-17(4,5)18(6,7)22-19/h14-15H,8-13H2,1-7H3/t14-,15-/m1/s1. The third-order valence-corrected chi connectivity index (χ3v) is 5.96. The number of ether oxygens (including phenoxy) is 1. The van der Waals surface area contributed by atoms with Gasteiger partial charge in [-0.1, -0.05) is 40.0 Å². The van der Waals surface area contributed by atoms with Gasteiger partial charge in [-0.15, -0.1) is 0 Å². The fourth-order valence-corrected chi connectivity index (χ4v) is 3.67. The molecule has 2 atom stereocenters. The second-order valence-electron chi connectivity index (χ2n) is 8.86. The fourth-order valence-electron chi connectivity index (χ4n) is 3.67. The molecule has 2 heterocycles. The third kappa shape index (κ3) is 3.71. The van der Waals surface area contributed by atoms with Gasteiger partial charge in [-0.3, -0.25) is 0 Å². The molecule has 0 saturated carbocycles. The summed E-state index contributed by atoms with van der Waals surface area (Å²) in [5, 5.41) is 0. The lowest BCUT2D eigenvalue weighted by atomic mass is 9.65. The molecule has 0 radical (unpaired) electrons. The van der Waals surface area contributed by atoms with Gasteiger partial charge in [0.2, 0.25) is 0 Å². The van der Waals surface area contributed by atoms with Crippen LogP contribution in [0.25, 0.3) is 0 Å². The van der Waals surface area contributed by atoms with E-state index in [0.29, 0.717) is 12.0 Å². The molecule has 0 unspecified atom stereocenters. The molecule has 2 fully saturated rings. The van der Waals surface area contributed by atoms with E-state index in [1.165, 1.54) is 25.7 Å². The van der Waals surface area contributed by atoms with E-state index in [-0.39, 0.29) is 23.7 Å². The molecule has 0 bridgehead atoms. The zero-order chi connectivity index (χ0) is 16.6. The number of unbranched alkanes of at least 4 members (excludes halogenated alkanes) is 2. The minimum atomic E-state index is -0.237. The van der Waals surface area contributed by atoms with Crippen LogP contribution in [0.5, 0.6) is 0 Å². The molecule has 4 heteroatoms. The Morgan fingerprint density at radius 1 is 0.955 bits per heavy atom. The molecular formula is C18H35BO3. The molecule has 2 saturated heterocycles. The Balaban J connectivity index is 1.99. The van der Waals surface area contributed by atoms with E-state index in [2.05, 4.69) is 48.5 Å². The molecule has 22 heavy (non-hydrogen) atoms. The highest BCUT2D eigenvalue weighted by atomic mass is 16.7. The van der Waals surface area contributed by atoms with Crippen LogP contribution in [0.1, 0.15) is 74.1 Å². The molecule has 0 aromatic heterocycles. The number of hydrogen-bond acceptors (Lipinski definition) is 3. The van der Waals surface area contributed by atoms with E-state index >= 15 is 0 Å². The Kier molecular flexibility index (Phi) is 5.36.